The van der Waals surface area contributed by atoms with E-state index < -0.39 is 0 Å². The van der Waals surface area contributed by atoms with E-state index in [9.17, 15) is 4.79 Å². The first-order valence-corrected chi connectivity index (χ1v) is 10.2. The molecule has 162 valence electrons. The fourth-order valence-electron chi connectivity index (χ4n) is 3.41. The number of amides is 1. The van der Waals surface area contributed by atoms with Gasteiger partial charge in [-0.1, -0.05) is 6.07 Å². The Kier molecular flexibility index (Phi) is 7.54. The summed E-state index contributed by atoms with van der Waals surface area (Å²) < 4.78 is 16.1. The molecule has 2 aromatic rings. The number of benzene rings is 2. The molecule has 1 fully saturated rings. The Balaban J connectivity index is 1.58. The van der Waals surface area contributed by atoms with E-state index in [1.807, 2.05) is 61.3 Å². The number of nitrogens with one attached hydrogen (secondary N) is 1. The largest absolute Gasteiger partial charge is 0.497 e. The number of hydrogen-bond donors (Lipinski definition) is 1. The van der Waals surface area contributed by atoms with Crippen LogP contribution in [0.2, 0.25) is 0 Å². The van der Waals surface area contributed by atoms with Crippen LogP contribution in [0, 0.1) is 0 Å². The summed E-state index contributed by atoms with van der Waals surface area (Å²) in [5, 5.41) is 3.01. The minimum atomic E-state index is -0.310. The minimum absolute atomic E-state index is 0.0518. The van der Waals surface area contributed by atoms with Crippen LogP contribution in [0.3, 0.4) is 0 Å². The molecule has 1 heterocycles. The molecule has 3 rings (SSSR count). The molecule has 2 aromatic carbocycles. The van der Waals surface area contributed by atoms with Crippen LogP contribution in [0.15, 0.2) is 42.5 Å². The lowest BCUT2D eigenvalue weighted by molar-refractivity contribution is -0.120. The number of anilines is 2. The average Bonchev–Trinajstić information content (AvgIpc) is 2.79. The molecular formula is C23H31N3O4. The maximum absolute atomic E-state index is 12.8. The van der Waals surface area contributed by atoms with Gasteiger partial charge in [0.15, 0.2) is 0 Å². The second-order valence-corrected chi connectivity index (χ2v) is 7.40. The zero-order valence-electron chi connectivity index (χ0n) is 18.2. The van der Waals surface area contributed by atoms with Crippen molar-refractivity contribution >= 4 is 17.3 Å². The van der Waals surface area contributed by atoms with Crippen LogP contribution in [0.5, 0.6) is 11.5 Å². The first kappa shape index (κ1) is 21.9. The minimum Gasteiger partial charge on any atom is -0.497 e. The summed E-state index contributed by atoms with van der Waals surface area (Å²) in [5.74, 6) is 1.43. The summed E-state index contributed by atoms with van der Waals surface area (Å²) in [4.78, 5) is 17.0. The van der Waals surface area contributed by atoms with E-state index in [-0.39, 0.29) is 11.9 Å². The van der Waals surface area contributed by atoms with Gasteiger partial charge in [0.25, 0.3) is 0 Å². The summed E-state index contributed by atoms with van der Waals surface area (Å²) in [7, 11) is 5.19. The predicted octanol–water partition coefficient (Wildman–Crippen LogP) is 3.00. The molecule has 1 atom stereocenters. The van der Waals surface area contributed by atoms with Crippen molar-refractivity contribution in [3.63, 3.8) is 0 Å². The van der Waals surface area contributed by atoms with Crippen molar-refractivity contribution in [1.29, 1.82) is 0 Å². The first-order valence-electron chi connectivity index (χ1n) is 10.2. The van der Waals surface area contributed by atoms with E-state index in [4.69, 9.17) is 14.2 Å². The quantitative estimate of drug-likeness (QED) is 0.718. The molecule has 1 aliphatic rings. The Bertz CT molecular complexity index is 835. The molecular weight excluding hydrogens is 382 g/mol. The Morgan fingerprint density at radius 2 is 1.83 bits per heavy atom. The number of hydrogen-bond acceptors (Lipinski definition) is 6. The average molecular weight is 414 g/mol. The molecule has 30 heavy (non-hydrogen) atoms. The van der Waals surface area contributed by atoms with Gasteiger partial charge in [-0.15, -0.1) is 0 Å². The standard InChI is InChI=1S/C23H31N3O4/c1-17(25(2)16-18-5-10-21(28-3)15-22(18)29-4)23(27)24-19-6-8-20(9-7-19)26-11-13-30-14-12-26/h5-10,15,17H,11-14,16H2,1-4H3,(H,24,27)/t17-/m0/s1. The van der Waals surface area contributed by atoms with Gasteiger partial charge in [0, 0.05) is 42.6 Å². The number of carbonyl (C=O) groups excluding carboxylic acids is 1. The monoisotopic (exact) mass is 413 g/mol. The molecule has 0 bridgehead atoms. The number of carbonyl (C=O) groups is 1. The van der Waals surface area contributed by atoms with E-state index in [0.717, 1.165) is 54.7 Å². The molecule has 7 nitrogen and oxygen atoms in total. The summed E-state index contributed by atoms with van der Waals surface area (Å²) in [6.45, 7) is 5.76. The van der Waals surface area contributed by atoms with E-state index >= 15 is 0 Å². The highest BCUT2D eigenvalue weighted by Crippen LogP contribution is 2.26. The van der Waals surface area contributed by atoms with Crippen LogP contribution in [-0.2, 0) is 16.1 Å². The van der Waals surface area contributed by atoms with Gasteiger partial charge in [0.2, 0.25) is 5.91 Å². The van der Waals surface area contributed by atoms with Gasteiger partial charge >= 0.3 is 0 Å². The van der Waals surface area contributed by atoms with Crippen LogP contribution in [0.1, 0.15) is 12.5 Å². The van der Waals surface area contributed by atoms with Crippen molar-refractivity contribution in [3.8, 4) is 11.5 Å². The third-order valence-electron chi connectivity index (χ3n) is 5.47. The molecule has 0 radical (unpaired) electrons. The predicted molar refractivity (Wildman–Crippen MR) is 119 cm³/mol. The smallest absolute Gasteiger partial charge is 0.241 e. The Hall–Kier alpha value is -2.77. The van der Waals surface area contributed by atoms with Gasteiger partial charge in [-0.2, -0.15) is 0 Å². The lowest BCUT2D eigenvalue weighted by Crippen LogP contribution is -2.39. The van der Waals surface area contributed by atoms with Crippen molar-refractivity contribution in [2.75, 3.05) is 57.8 Å². The highest BCUT2D eigenvalue weighted by molar-refractivity contribution is 5.94. The van der Waals surface area contributed by atoms with E-state index in [0.29, 0.717) is 6.54 Å². The highest BCUT2D eigenvalue weighted by Gasteiger charge is 2.20. The topological polar surface area (TPSA) is 63.3 Å². The summed E-state index contributed by atoms with van der Waals surface area (Å²) in [6.07, 6.45) is 0. The van der Waals surface area contributed by atoms with Gasteiger partial charge in [-0.25, -0.2) is 0 Å². The SMILES string of the molecule is COc1ccc(CN(C)[C@@H](C)C(=O)Nc2ccc(N3CCOCC3)cc2)c(OC)c1. The lowest BCUT2D eigenvalue weighted by Gasteiger charge is -2.29. The fraction of sp³-hybridized carbons (Fsp3) is 0.435. The van der Waals surface area contributed by atoms with Gasteiger partial charge < -0.3 is 24.4 Å². The van der Waals surface area contributed by atoms with Crippen molar-refractivity contribution < 1.29 is 19.0 Å². The number of likely N-dealkylation sites (N-methyl/N-ethyl adjacent to an activating group) is 1. The summed E-state index contributed by atoms with van der Waals surface area (Å²) in [5.41, 5.74) is 2.93. The van der Waals surface area contributed by atoms with Crippen LogP contribution in [-0.4, -0.2) is 64.4 Å². The second-order valence-electron chi connectivity index (χ2n) is 7.40. The van der Waals surface area contributed by atoms with E-state index in [2.05, 4.69) is 10.2 Å². The lowest BCUT2D eigenvalue weighted by atomic mass is 10.1. The van der Waals surface area contributed by atoms with E-state index in [1.165, 1.54) is 0 Å². The molecule has 1 amide bonds. The first-order chi connectivity index (χ1) is 14.5. The fourth-order valence-corrected chi connectivity index (χ4v) is 3.41. The molecule has 0 unspecified atom stereocenters. The van der Waals surface area contributed by atoms with Gasteiger partial charge in [0.1, 0.15) is 11.5 Å². The number of rotatable bonds is 8. The molecule has 0 saturated carbocycles. The Morgan fingerprint density at radius 1 is 1.13 bits per heavy atom. The van der Waals surface area contributed by atoms with Gasteiger partial charge in [0.05, 0.1) is 33.5 Å². The molecule has 1 aliphatic heterocycles. The van der Waals surface area contributed by atoms with E-state index in [1.54, 1.807) is 14.2 Å². The molecule has 0 spiro atoms. The van der Waals surface area contributed by atoms with Crippen LogP contribution < -0.4 is 19.7 Å². The number of nitrogens with zero attached hydrogens (tertiary/aromatic N) is 2. The molecule has 1 N–H and O–H groups in total. The highest BCUT2D eigenvalue weighted by atomic mass is 16.5. The van der Waals surface area contributed by atoms with Crippen molar-refractivity contribution in [2.45, 2.75) is 19.5 Å². The maximum atomic E-state index is 12.8. The zero-order valence-corrected chi connectivity index (χ0v) is 18.2. The molecule has 7 heteroatoms. The van der Waals surface area contributed by atoms with Gasteiger partial charge in [-0.3, -0.25) is 9.69 Å². The molecule has 1 saturated heterocycles. The number of methoxy groups -OCH3 is 2. The van der Waals surface area contributed by atoms with Crippen molar-refractivity contribution in [2.24, 2.45) is 0 Å². The molecule has 0 aromatic heterocycles. The number of morpholine rings is 1. The van der Waals surface area contributed by atoms with Crippen LogP contribution >= 0.6 is 0 Å². The zero-order chi connectivity index (χ0) is 21.5. The van der Waals surface area contributed by atoms with Gasteiger partial charge in [-0.05, 0) is 44.3 Å². The summed E-state index contributed by atoms with van der Waals surface area (Å²) in [6, 6.07) is 13.4. The Labute approximate surface area is 178 Å². The normalized spacial score (nSPS) is 15.0. The second kappa shape index (κ2) is 10.3. The Morgan fingerprint density at radius 3 is 2.47 bits per heavy atom. The number of ether oxygens (including phenoxy) is 3. The van der Waals surface area contributed by atoms with Crippen molar-refractivity contribution in [3.05, 3.63) is 48.0 Å². The third-order valence-corrected chi connectivity index (χ3v) is 5.47. The van der Waals surface area contributed by atoms with Crippen LogP contribution in [0.25, 0.3) is 0 Å². The third kappa shape index (κ3) is 5.43. The maximum Gasteiger partial charge on any atom is 0.241 e. The molecule has 0 aliphatic carbocycles. The van der Waals surface area contributed by atoms with Crippen LogP contribution in [0.4, 0.5) is 11.4 Å². The van der Waals surface area contributed by atoms with Crippen molar-refractivity contribution in [1.82, 2.24) is 4.90 Å². The summed E-state index contributed by atoms with van der Waals surface area (Å²) >= 11 is 0.